The molecule has 0 spiro atoms. The highest BCUT2D eigenvalue weighted by Crippen LogP contribution is 2.33. The Bertz CT molecular complexity index is 259. The van der Waals surface area contributed by atoms with E-state index in [2.05, 4.69) is 18.7 Å². The molecule has 1 aliphatic heterocycles. The lowest BCUT2D eigenvalue weighted by Crippen LogP contribution is -2.66. The predicted octanol–water partition coefficient (Wildman–Crippen LogP) is 1.74. The highest BCUT2D eigenvalue weighted by molar-refractivity contribution is 5.78. The van der Waals surface area contributed by atoms with E-state index in [0.29, 0.717) is 32.6 Å². The molecule has 0 aromatic rings. The molecule has 0 radical (unpaired) electrons. The lowest BCUT2D eigenvalue weighted by atomic mass is 9.85. The normalized spacial score (nSPS) is 22.0. The Hall–Kier alpha value is -0.610. The number of hydrogen-bond donors (Lipinski definition) is 1. The number of rotatable bonds is 4. The molecule has 1 saturated heterocycles. The average Bonchev–Trinajstić information content (AvgIpc) is 2.22. The Morgan fingerprint density at radius 1 is 1.44 bits per heavy atom. The van der Waals surface area contributed by atoms with Crippen LogP contribution in [0, 0.1) is 0 Å². The largest absolute Gasteiger partial charge is 0.480 e. The summed E-state index contributed by atoms with van der Waals surface area (Å²) >= 11 is 0. The van der Waals surface area contributed by atoms with Gasteiger partial charge < -0.3 is 9.84 Å². The van der Waals surface area contributed by atoms with Gasteiger partial charge in [0.2, 0.25) is 0 Å². The Kier molecular flexibility index (Phi) is 3.97. The molecule has 0 bridgehead atoms. The van der Waals surface area contributed by atoms with E-state index < -0.39 is 11.5 Å². The van der Waals surface area contributed by atoms with Gasteiger partial charge in [0.15, 0.2) is 0 Å². The smallest absolute Gasteiger partial charge is 0.324 e. The van der Waals surface area contributed by atoms with Gasteiger partial charge in [0.25, 0.3) is 0 Å². The van der Waals surface area contributed by atoms with Crippen LogP contribution < -0.4 is 0 Å². The third kappa shape index (κ3) is 2.09. The number of carboxylic acids is 1. The highest BCUT2D eigenvalue weighted by atomic mass is 16.5. The summed E-state index contributed by atoms with van der Waals surface area (Å²) in [6, 6.07) is 0. The van der Waals surface area contributed by atoms with Crippen molar-refractivity contribution in [3.63, 3.8) is 0 Å². The Morgan fingerprint density at radius 2 is 2.00 bits per heavy atom. The summed E-state index contributed by atoms with van der Waals surface area (Å²) in [4.78, 5) is 13.7. The van der Waals surface area contributed by atoms with Crippen molar-refractivity contribution < 1.29 is 14.6 Å². The number of ether oxygens (including phenoxy) is 1. The van der Waals surface area contributed by atoms with Gasteiger partial charge in [0.05, 0.1) is 13.2 Å². The number of carbonyl (C=O) groups is 1. The molecule has 0 aromatic heterocycles. The second-order valence-corrected chi connectivity index (χ2v) is 5.06. The Morgan fingerprint density at radius 3 is 2.38 bits per heavy atom. The minimum Gasteiger partial charge on any atom is -0.480 e. The Balaban J connectivity index is 3.05. The lowest BCUT2D eigenvalue weighted by Gasteiger charge is -2.51. The van der Waals surface area contributed by atoms with Gasteiger partial charge in [-0.2, -0.15) is 0 Å². The van der Waals surface area contributed by atoms with E-state index in [-0.39, 0.29) is 5.54 Å². The molecule has 0 aromatic carbocycles. The zero-order valence-corrected chi connectivity index (χ0v) is 10.7. The second kappa shape index (κ2) is 4.72. The van der Waals surface area contributed by atoms with Crippen LogP contribution in [0.15, 0.2) is 0 Å². The lowest BCUT2D eigenvalue weighted by molar-refractivity contribution is -0.167. The van der Waals surface area contributed by atoms with Gasteiger partial charge in [0.1, 0.15) is 5.54 Å². The fourth-order valence-corrected chi connectivity index (χ4v) is 2.70. The Labute approximate surface area is 97.6 Å². The fraction of sp³-hybridized carbons (Fsp3) is 0.917. The molecule has 1 heterocycles. The molecule has 0 unspecified atom stereocenters. The molecule has 1 rings (SSSR count). The van der Waals surface area contributed by atoms with Gasteiger partial charge >= 0.3 is 5.97 Å². The predicted molar refractivity (Wildman–Crippen MR) is 62.6 cm³/mol. The summed E-state index contributed by atoms with van der Waals surface area (Å²) in [6.45, 7) is 9.91. The van der Waals surface area contributed by atoms with Crippen LogP contribution in [0.3, 0.4) is 0 Å². The molecule has 0 amide bonds. The van der Waals surface area contributed by atoms with Crippen molar-refractivity contribution >= 4 is 5.97 Å². The number of carboxylic acid groups (broad SMARTS) is 1. The first-order chi connectivity index (χ1) is 7.40. The molecule has 4 nitrogen and oxygen atoms in total. The van der Waals surface area contributed by atoms with E-state index >= 15 is 0 Å². The molecular formula is C12H23NO3. The molecule has 0 saturated carbocycles. The molecular weight excluding hydrogens is 206 g/mol. The minimum absolute atomic E-state index is 0.206. The summed E-state index contributed by atoms with van der Waals surface area (Å²) in [5.41, 5.74) is -0.948. The van der Waals surface area contributed by atoms with Crippen molar-refractivity contribution in [1.29, 1.82) is 0 Å². The number of morpholine rings is 1. The van der Waals surface area contributed by atoms with Gasteiger partial charge in [-0.15, -0.1) is 0 Å². The van der Waals surface area contributed by atoms with E-state index in [1.807, 2.05) is 13.8 Å². The summed E-state index contributed by atoms with van der Waals surface area (Å²) in [6.07, 6.45) is 1.25. The van der Waals surface area contributed by atoms with E-state index in [0.717, 1.165) is 0 Å². The van der Waals surface area contributed by atoms with Gasteiger partial charge in [-0.25, -0.2) is 0 Å². The maximum absolute atomic E-state index is 11.6. The monoisotopic (exact) mass is 229 g/mol. The molecule has 0 aliphatic carbocycles. The first kappa shape index (κ1) is 13.5. The average molecular weight is 229 g/mol. The third-order valence-electron chi connectivity index (χ3n) is 3.73. The van der Waals surface area contributed by atoms with Crippen LogP contribution >= 0.6 is 0 Å². The van der Waals surface area contributed by atoms with Crippen molar-refractivity contribution in [3.05, 3.63) is 0 Å². The standard InChI is InChI=1S/C12H23NO3/c1-5-12(6-2,10(14)15)13-7-8-16-9-11(13,3)4/h5-9H2,1-4H3,(H,14,15). The van der Waals surface area contributed by atoms with E-state index in [9.17, 15) is 9.90 Å². The van der Waals surface area contributed by atoms with Gasteiger partial charge in [0, 0.05) is 12.1 Å². The van der Waals surface area contributed by atoms with E-state index in [4.69, 9.17) is 4.74 Å². The molecule has 4 heteroatoms. The van der Waals surface area contributed by atoms with Crippen molar-refractivity contribution in [2.75, 3.05) is 19.8 Å². The van der Waals surface area contributed by atoms with Crippen LogP contribution in [0.4, 0.5) is 0 Å². The molecule has 1 aliphatic rings. The number of aliphatic carboxylic acids is 1. The van der Waals surface area contributed by atoms with Crippen LogP contribution in [0.2, 0.25) is 0 Å². The maximum Gasteiger partial charge on any atom is 0.324 e. The molecule has 1 N–H and O–H groups in total. The summed E-state index contributed by atoms with van der Waals surface area (Å²) < 4.78 is 5.44. The molecule has 0 atom stereocenters. The molecule has 1 fully saturated rings. The topological polar surface area (TPSA) is 49.8 Å². The van der Waals surface area contributed by atoms with Gasteiger partial charge in [-0.1, -0.05) is 13.8 Å². The van der Waals surface area contributed by atoms with E-state index in [1.54, 1.807) is 0 Å². The van der Waals surface area contributed by atoms with Crippen LogP contribution in [-0.2, 0) is 9.53 Å². The van der Waals surface area contributed by atoms with Crippen LogP contribution in [0.1, 0.15) is 40.5 Å². The van der Waals surface area contributed by atoms with Crippen LogP contribution in [0.25, 0.3) is 0 Å². The van der Waals surface area contributed by atoms with E-state index in [1.165, 1.54) is 0 Å². The summed E-state index contributed by atoms with van der Waals surface area (Å²) in [5.74, 6) is -0.715. The number of nitrogens with zero attached hydrogens (tertiary/aromatic N) is 1. The maximum atomic E-state index is 11.6. The van der Waals surface area contributed by atoms with Crippen LogP contribution in [0.5, 0.6) is 0 Å². The highest BCUT2D eigenvalue weighted by Gasteiger charge is 2.48. The quantitative estimate of drug-likeness (QED) is 0.797. The van der Waals surface area contributed by atoms with Crippen molar-refractivity contribution in [3.8, 4) is 0 Å². The zero-order valence-electron chi connectivity index (χ0n) is 10.7. The van der Waals surface area contributed by atoms with Gasteiger partial charge in [-0.05, 0) is 26.7 Å². The third-order valence-corrected chi connectivity index (χ3v) is 3.73. The first-order valence-electron chi connectivity index (χ1n) is 5.99. The fourth-order valence-electron chi connectivity index (χ4n) is 2.70. The van der Waals surface area contributed by atoms with Crippen molar-refractivity contribution in [2.24, 2.45) is 0 Å². The summed E-state index contributed by atoms with van der Waals surface area (Å²) in [5, 5.41) is 9.53. The zero-order chi connectivity index (χ0) is 12.4. The number of hydrogen-bond acceptors (Lipinski definition) is 3. The van der Waals surface area contributed by atoms with Crippen molar-refractivity contribution in [1.82, 2.24) is 4.90 Å². The summed E-state index contributed by atoms with van der Waals surface area (Å²) in [7, 11) is 0. The second-order valence-electron chi connectivity index (χ2n) is 5.06. The van der Waals surface area contributed by atoms with Gasteiger partial charge in [-0.3, -0.25) is 9.69 Å². The minimum atomic E-state index is -0.743. The SMILES string of the molecule is CCC(CC)(C(=O)O)N1CCOCC1(C)C. The molecule has 16 heavy (non-hydrogen) atoms. The molecule has 94 valence electrons. The first-order valence-corrected chi connectivity index (χ1v) is 5.99. The van der Waals surface area contributed by atoms with Crippen molar-refractivity contribution in [2.45, 2.75) is 51.6 Å². The van der Waals surface area contributed by atoms with Crippen LogP contribution in [-0.4, -0.2) is 46.8 Å².